The predicted octanol–water partition coefficient (Wildman–Crippen LogP) is 3.88. The van der Waals surface area contributed by atoms with E-state index in [0.29, 0.717) is 35.8 Å². The number of benzene rings is 3. The first-order valence-corrected chi connectivity index (χ1v) is 12.2. The quantitative estimate of drug-likeness (QED) is 0.428. The molecule has 0 aromatic heterocycles. The summed E-state index contributed by atoms with van der Waals surface area (Å²) >= 11 is 0. The van der Waals surface area contributed by atoms with E-state index in [2.05, 4.69) is 10.0 Å². The molecule has 8 nitrogen and oxygen atoms in total. The number of carbonyl (C=O) groups is 1. The Kier molecular flexibility index (Phi) is 8.50. The van der Waals surface area contributed by atoms with Crippen LogP contribution in [0.15, 0.2) is 71.6 Å². The Bertz CT molecular complexity index is 1230. The molecule has 0 fully saturated rings. The molecule has 0 spiro atoms. The van der Waals surface area contributed by atoms with Crippen LogP contribution in [0.25, 0.3) is 0 Å². The molecule has 34 heavy (non-hydrogen) atoms. The number of ether oxygens (including phenoxy) is 3. The summed E-state index contributed by atoms with van der Waals surface area (Å²) in [5.41, 5.74) is 1.62. The van der Waals surface area contributed by atoms with Crippen LogP contribution in [0.5, 0.6) is 17.2 Å². The number of amides is 1. The number of sulfonamides is 1. The van der Waals surface area contributed by atoms with Crippen molar-refractivity contribution in [2.45, 2.75) is 18.2 Å². The molecule has 0 saturated heterocycles. The molecule has 0 atom stereocenters. The van der Waals surface area contributed by atoms with Gasteiger partial charge in [-0.3, -0.25) is 4.79 Å². The van der Waals surface area contributed by atoms with Gasteiger partial charge in [-0.1, -0.05) is 24.3 Å². The van der Waals surface area contributed by atoms with E-state index >= 15 is 0 Å². The third-order valence-electron chi connectivity index (χ3n) is 5.00. The zero-order chi connectivity index (χ0) is 24.6. The lowest BCUT2D eigenvalue weighted by Gasteiger charge is -2.14. The summed E-state index contributed by atoms with van der Waals surface area (Å²) in [6.45, 7) is 2.35. The standard InChI is InChI=1S/C25H28N2O6S/c1-4-33-22-13-11-20(17-21(22)27-25(28)19-8-6-5-7-9-19)34(29,30)26-15-14-18-10-12-23(31-2)24(16-18)32-3/h5-13,16-17,26H,4,14-15H2,1-3H3,(H,27,28). The minimum atomic E-state index is -3.83. The third-order valence-corrected chi connectivity index (χ3v) is 6.46. The first-order chi connectivity index (χ1) is 16.4. The normalized spacial score (nSPS) is 11.0. The van der Waals surface area contributed by atoms with E-state index in [4.69, 9.17) is 14.2 Å². The molecule has 0 saturated carbocycles. The van der Waals surface area contributed by atoms with Gasteiger partial charge in [0.05, 0.1) is 31.4 Å². The Labute approximate surface area is 199 Å². The van der Waals surface area contributed by atoms with E-state index in [1.165, 1.54) is 18.2 Å². The Morgan fingerprint density at radius 3 is 2.26 bits per heavy atom. The fraction of sp³-hybridized carbons (Fsp3) is 0.240. The average molecular weight is 485 g/mol. The van der Waals surface area contributed by atoms with Gasteiger partial charge >= 0.3 is 0 Å². The van der Waals surface area contributed by atoms with Crippen LogP contribution < -0.4 is 24.2 Å². The minimum absolute atomic E-state index is 0.0200. The van der Waals surface area contributed by atoms with Crippen LogP contribution in [-0.2, 0) is 16.4 Å². The van der Waals surface area contributed by atoms with E-state index in [1.54, 1.807) is 50.6 Å². The summed E-state index contributed by atoms with van der Waals surface area (Å²) in [6.07, 6.45) is 0.453. The number of nitrogens with one attached hydrogen (secondary N) is 2. The lowest BCUT2D eigenvalue weighted by atomic mass is 10.1. The van der Waals surface area contributed by atoms with Crippen LogP contribution in [0.3, 0.4) is 0 Å². The Morgan fingerprint density at radius 1 is 0.882 bits per heavy atom. The molecule has 0 aliphatic heterocycles. The fourth-order valence-electron chi connectivity index (χ4n) is 3.29. The maximum absolute atomic E-state index is 12.9. The molecule has 1 amide bonds. The molecular weight excluding hydrogens is 456 g/mol. The number of anilines is 1. The van der Waals surface area contributed by atoms with Crippen LogP contribution in [0.2, 0.25) is 0 Å². The van der Waals surface area contributed by atoms with E-state index in [-0.39, 0.29) is 23.0 Å². The Hall–Kier alpha value is -3.56. The zero-order valence-corrected chi connectivity index (χ0v) is 20.1. The molecule has 2 N–H and O–H groups in total. The summed E-state index contributed by atoms with van der Waals surface area (Å²) in [5.74, 6) is 1.20. The Balaban J connectivity index is 1.74. The molecule has 9 heteroatoms. The maximum Gasteiger partial charge on any atom is 0.255 e. The molecular formula is C25H28N2O6S. The van der Waals surface area contributed by atoms with Gasteiger partial charge in [-0.25, -0.2) is 13.1 Å². The second-order valence-electron chi connectivity index (χ2n) is 7.25. The van der Waals surface area contributed by atoms with E-state index in [9.17, 15) is 13.2 Å². The number of methoxy groups -OCH3 is 2. The SMILES string of the molecule is CCOc1ccc(S(=O)(=O)NCCc2ccc(OC)c(OC)c2)cc1NC(=O)c1ccccc1. The van der Waals surface area contributed by atoms with Crippen molar-refractivity contribution in [3.05, 3.63) is 77.9 Å². The van der Waals surface area contributed by atoms with Gasteiger partial charge in [0.15, 0.2) is 11.5 Å². The highest BCUT2D eigenvalue weighted by atomic mass is 32.2. The molecule has 0 unspecified atom stereocenters. The van der Waals surface area contributed by atoms with Gasteiger partial charge in [0.25, 0.3) is 5.91 Å². The third kappa shape index (κ3) is 6.27. The van der Waals surface area contributed by atoms with Crippen molar-refractivity contribution in [1.29, 1.82) is 0 Å². The van der Waals surface area contributed by atoms with E-state index in [1.807, 2.05) is 19.1 Å². The molecule has 3 rings (SSSR count). The molecule has 3 aromatic carbocycles. The molecule has 180 valence electrons. The van der Waals surface area contributed by atoms with Crippen molar-refractivity contribution in [1.82, 2.24) is 4.72 Å². The molecule has 0 bridgehead atoms. The fourth-order valence-corrected chi connectivity index (χ4v) is 4.35. The first-order valence-electron chi connectivity index (χ1n) is 10.7. The summed E-state index contributed by atoms with van der Waals surface area (Å²) in [6, 6.07) is 18.5. The number of carbonyl (C=O) groups excluding carboxylic acids is 1. The zero-order valence-electron chi connectivity index (χ0n) is 19.3. The number of hydrogen-bond donors (Lipinski definition) is 2. The maximum atomic E-state index is 12.9. The van der Waals surface area contributed by atoms with Gasteiger partial charge in [0.2, 0.25) is 10.0 Å². The summed E-state index contributed by atoms with van der Waals surface area (Å²) < 4.78 is 44.5. The van der Waals surface area contributed by atoms with Crippen molar-refractivity contribution in [3.8, 4) is 17.2 Å². The summed E-state index contributed by atoms with van der Waals surface area (Å²) in [7, 11) is -0.726. The van der Waals surface area contributed by atoms with Crippen LogP contribution in [0, 0.1) is 0 Å². The second-order valence-corrected chi connectivity index (χ2v) is 9.02. The highest BCUT2D eigenvalue weighted by Crippen LogP contribution is 2.29. The van der Waals surface area contributed by atoms with E-state index in [0.717, 1.165) is 5.56 Å². The first kappa shape index (κ1) is 25.1. The van der Waals surface area contributed by atoms with Gasteiger partial charge in [0, 0.05) is 12.1 Å². The van der Waals surface area contributed by atoms with Crippen LogP contribution in [0.4, 0.5) is 5.69 Å². The van der Waals surface area contributed by atoms with Crippen LogP contribution in [0.1, 0.15) is 22.8 Å². The van der Waals surface area contributed by atoms with Gasteiger partial charge in [-0.15, -0.1) is 0 Å². The van der Waals surface area contributed by atoms with Crippen molar-refractivity contribution in [2.24, 2.45) is 0 Å². The van der Waals surface area contributed by atoms with Crippen molar-refractivity contribution in [3.63, 3.8) is 0 Å². The topological polar surface area (TPSA) is 103 Å². The molecule has 3 aromatic rings. The van der Waals surface area contributed by atoms with Crippen LogP contribution in [-0.4, -0.2) is 41.7 Å². The van der Waals surface area contributed by atoms with Gasteiger partial charge in [-0.2, -0.15) is 0 Å². The highest BCUT2D eigenvalue weighted by Gasteiger charge is 2.18. The lowest BCUT2D eigenvalue weighted by molar-refractivity contribution is 0.102. The largest absolute Gasteiger partial charge is 0.493 e. The number of rotatable bonds is 11. The second kappa shape index (κ2) is 11.5. The molecule has 0 radical (unpaired) electrons. The lowest BCUT2D eigenvalue weighted by Crippen LogP contribution is -2.26. The smallest absolute Gasteiger partial charge is 0.255 e. The Morgan fingerprint density at radius 2 is 1.59 bits per heavy atom. The van der Waals surface area contributed by atoms with E-state index < -0.39 is 10.0 Å². The average Bonchev–Trinajstić information content (AvgIpc) is 2.85. The van der Waals surface area contributed by atoms with Crippen molar-refractivity contribution < 1.29 is 27.4 Å². The highest BCUT2D eigenvalue weighted by molar-refractivity contribution is 7.89. The van der Waals surface area contributed by atoms with Crippen molar-refractivity contribution >= 4 is 21.6 Å². The predicted molar refractivity (Wildman–Crippen MR) is 130 cm³/mol. The number of hydrogen-bond acceptors (Lipinski definition) is 6. The summed E-state index contributed by atoms with van der Waals surface area (Å²) in [5, 5.41) is 2.75. The van der Waals surface area contributed by atoms with Crippen LogP contribution >= 0.6 is 0 Å². The van der Waals surface area contributed by atoms with Gasteiger partial charge in [-0.05, 0) is 61.4 Å². The molecule has 0 aliphatic rings. The van der Waals surface area contributed by atoms with Gasteiger partial charge < -0.3 is 19.5 Å². The van der Waals surface area contributed by atoms with Crippen molar-refractivity contribution in [2.75, 3.05) is 32.7 Å². The van der Waals surface area contributed by atoms with Gasteiger partial charge in [0.1, 0.15) is 5.75 Å². The molecule has 0 aliphatic carbocycles. The minimum Gasteiger partial charge on any atom is -0.493 e. The molecule has 0 heterocycles. The summed E-state index contributed by atoms with van der Waals surface area (Å²) in [4.78, 5) is 12.6. The monoisotopic (exact) mass is 484 g/mol.